The Kier molecular flexibility index (Phi) is 8.71. The first-order valence-electron chi connectivity index (χ1n) is 12.7. The molecule has 4 aromatic carbocycles. The second kappa shape index (κ2) is 12.4. The third-order valence-corrected chi connectivity index (χ3v) is 6.39. The topological polar surface area (TPSA) is 99.3 Å². The van der Waals surface area contributed by atoms with Crippen molar-refractivity contribution in [1.29, 1.82) is 0 Å². The summed E-state index contributed by atoms with van der Waals surface area (Å²) in [4.78, 5) is 37.4. The zero-order valence-electron chi connectivity index (χ0n) is 22.4. The SMILES string of the molecule is CC(C)(C)c1ccc(C(=O)Nc2ccc(C(=O)NNC(=S)NC(=O)C=Cc3cccc4ccccc34)cc2)cc1. The Hall–Kier alpha value is -4.82. The van der Waals surface area contributed by atoms with Crippen molar-refractivity contribution in [3.8, 4) is 0 Å². The van der Waals surface area contributed by atoms with E-state index in [0.29, 0.717) is 16.8 Å². The van der Waals surface area contributed by atoms with E-state index in [9.17, 15) is 14.4 Å². The van der Waals surface area contributed by atoms with Crippen LogP contribution in [0.2, 0.25) is 0 Å². The molecule has 40 heavy (non-hydrogen) atoms. The van der Waals surface area contributed by atoms with E-state index in [2.05, 4.69) is 42.3 Å². The largest absolute Gasteiger partial charge is 0.322 e. The zero-order valence-corrected chi connectivity index (χ0v) is 23.3. The number of anilines is 1. The highest BCUT2D eigenvalue weighted by Gasteiger charge is 2.15. The number of amides is 3. The van der Waals surface area contributed by atoms with E-state index >= 15 is 0 Å². The lowest BCUT2D eigenvalue weighted by Crippen LogP contribution is -2.48. The quantitative estimate of drug-likeness (QED) is 0.144. The average Bonchev–Trinajstić information content (AvgIpc) is 2.94. The van der Waals surface area contributed by atoms with Gasteiger partial charge in [0.15, 0.2) is 5.11 Å². The molecule has 0 aliphatic rings. The van der Waals surface area contributed by atoms with Crippen LogP contribution in [0.25, 0.3) is 16.8 Å². The molecule has 0 spiro atoms. The molecule has 0 unspecified atom stereocenters. The Bertz CT molecular complexity index is 1580. The summed E-state index contributed by atoms with van der Waals surface area (Å²) in [6, 6.07) is 27.6. The van der Waals surface area contributed by atoms with E-state index in [1.54, 1.807) is 42.5 Å². The summed E-state index contributed by atoms with van der Waals surface area (Å²) in [6.45, 7) is 6.35. The van der Waals surface area contributed by atoms with Gasteiger partial charge in [0.1, 0.15) is 0 Å². The van der Waals surface area contributed by atoms with E-state index in [4.69, 9.17) is 12.2 Å². The van der Waals surface area contributed by atoms with Crippen LogP contribution in [0.5, 0.6) is 0 Å². The lowest BCUT2D eigenvalue weighted by atomic mass is 9.87. The highest BCUT2D eigenvalue weighted by atomic mass is 32.1. The zero-order chi connectivity index (χ0) is 28.7. The fourth-order valence-electron chi connectivity index (χ4n) is 3.96. The van der Waals surface area contributed by atoms with Crippen LogP contribution in [0.3, 0.4) is 0 Å². The molecule has 0 bridgehead atoms. The van der Waals surface area contributed by atoms with Gasteiger partial charge in [-0.15, -0.1) is 0 Å². The van der Waals surface area contributed by atoms with Gasteiger partial charge in [0.2, 0.25) is 5.91 Å². The van der Waals surface area contributed by atoms with Gasteiger partial charge >= 0.3 is 0 Å². The fourth-order valence-corrected chi connectivity index (χ4v) is 4.11. The molecule has 0 fully saturated rings. The minimum atomic E-state index is -0.460. The fraction of sp³-hybridized carbons (Fsp3) is 0.125. The Morgan fingerprint density at radius 1 is 0.725 bits per heavy atom. The Labute approximate surface area is 238 Å². The third kappa shape index (κ3) is 7.39. The number of thiocarbonyl (C=S) groups is 1. The number of hydrogen-bond donors (Lipinski definition) is 4. The Balaban J connectivity index is 1.25. The second-order valence-electron chi connectivity index (χ2n) is 10.2. The molecule has 4 rings (SSSR count). The van der Waals surface area contributed by atoms with Crippen LogP contribution in [0.4, 0.5) is 5.69 Å². The molecule has 8 heteroatoms. The van der Waals surface area contributed by atoms with Gasteiger partial charge in [-0.2, -0.15) is 0 Å². The van der Waals surface area contributed by atoms with Gasteiger partial charge in [0.25, 0.3) is 11.8 Å². The number of benzene rings is 4. The molecule has 0 saturated carbocycles. The van der Waals surface area contributed by atoms with E-state index in [1.807, 2.05) is 54.6 Å². The molecule has 0 atom stereocenters. The Morgan fingerprint density at radius 2 is 1.35 bits per heavy atom. The molecule has 0 radical (unpaired) electrons. The van der Waals surface area contributed by atoms with Gasteiger partial charge in [-0.05, 0) is 82.0 Å². The number of carbonyl (C=O) groups is 3. The van der Waals surface area contributed by atoms with Crippen LogP contribution in [-0.2, 0) is 10.2 Å². The lowest BCUT2D eigenvalue weighted by molar-refractivity contribution is -0.115. The normalized spacial score (nSPS) is 11.2. The number of carbonyl (C=O) groups excluding carboxylic acids is 3. The highest BCUT2D eigenvalue weighted by molar-refractivity contribution is 7.80. The van der Waals surface area contributed by atoms with Crippen LogP contribution >= 0.6 is 12.2 Å². The number of hydrazine groups is 1. The first-order valence-corrected chi connectivity index (χ1v) is 13.1. The first kappa shape index (κ1) is 28.2. The van der Waals surface area contributed by atoms with Gasteiger partial charge in [-0.3, -0.25) is 30.6 Å². The van der Waals surface area contributed by atoms with Crippen molar-refractivity contribution in [2.45, 2.75) is 26.2 Å². The lowest BCUT2D eigenvalue weighted by Gasteiger charge is -2.19. The predicted octanol–water partition coefficient (Wildman–Crippen LogP) is 5.74. The molecule has 202 valence electrons. The van der Waals surface area contributed by atoms with E-state index in [0.717, 1.165) is 21.9 Å². The maximum Gasteiger partial charge on any atom is 0.269 e. The van der Waals surface area contributed by atoms with Crippen molar-refractivity contribution in [3.63, 3.8) is 0 Å². The molecular weight excluding hydrogens is 520 g/mol. The molecule has 0 aliphatic carbocycles. The number of rotatable bonds is 5. The minimum absolute atomic E-state index is 0.00470. The maximum absolute atomic E-state index is 12.6. The van der Waals surface area contributed by atoms with Crippen molar-refractivity contribution in [1.82, 2.24) is 16.2 Å². The van der Waals surface area contributed by atoms with Crippen molar-refractivity contribution >= 4 is 57.6 Å². The standard InChI is InChI=1S/C32H30N4O3S/c1-32(2,3)25-16-11-23(12-17-25)29(38)33-26-18-13-24(14-19-26)30(39)35-36-31(40)34-28(37)20-15-22-9-6-8-21-7-4-5-10-27(21)22/h4-20H,1-3H3,(H,33,38)(H,35,39)(H2,34,36,37,40). The predicted molar refractivity (Wildman–Crippen MR) is 164 cm³/mol. The highest BCUT2D eigenvalue weighted by Crippen LogP contribution is 2.23. The summed E-state index contributed by atoms with van der Waals surface area (Å²) >= 11 is 5.11. The van der Waals surface area contributed by atoms with Crippen LogP contribution in [-0.4, -0.2) is 22.8 Å². The van der Waals surface area contributed by atoms with Gasteiger partial charge in [0.05, 0.1) is 0 Å². The van der Waals surface area contributed by atoms with Crippen LogP contribution in [0.1, 0.15) is 52.6 Å². The smallest absolute Gasteiger partial charge is 0.269 e. The first-order chi connectivity index (χ1) is 19.1. The summed E-state index contributed by atoms with van der Waals surface area (Å²) < 4.78 is 0. The van der Waals surface area contributed by atoms with E-state index < -0.39 is 11.8 Å². The van der Waals surface area contributed by atoms with Gasteiger partial charge in [-0.1, -0.05) is 75.4 Å². The van der Waals surface area contributed by atoms with Crippen molar-refractivity contribution in [2.75, 3.05) is 5.32 Å². The summed E-state index contributed by atoms with van der Waals surface area (Å²) in [5.74, 6) is -1.14. The minimum Gasteiger partial charge on any atom is -0.322 e. The summed E-state index contributed by atoms with van der Waals surface area (Å²) in [5.41, 5.74) is 8.45. The molecule has 0 heterocycles. The maximum atomic E-state index is 12.6. The van der Waals surface area contributed by atoms with Crippen molar-refractivity contribution < 1.29 is 14.4 Å². The van der Waals surface area contributed by atoms with Crippen LogP contribution in [0.15, 0.2) is 97.1 Å². The molecule has 3 amide bonds. The van der Waals surface area contributed by atoms with Gasteiger partial charge in [0, 0.05) is 22.9 Å². The second-order valence-corrected chi connectivity index (χ2v) is 10.6. The summed E-state index contributed by atoms with van der Waals surface area (Å²) in [6.07, 6.45) is 3.09. The molecule has 7 nitrogen and oxygen atoms in total. The average molecular weight is 551 g/mol. The molecule has 0 aliphatic heterocycles. The van der Waals surface area contributed by atoms with Gasteiger partial charge < -0.3 is 5.32 Å². The van der Waals surface area contributed by atoms with Crippen molar-refractivity contribution in [3.05, 3.63) is 119 Å². The van der Waals surface area contributed by atoms with Crippen LogP contribution in [0, 0.1) is 0 Å². The summed E-state index contributed by atoms with van der Waals surface area (Å²) in [7, 11) is 0. The third-order valence-electron chi connectivity index (χ3n) is 6.18. The van der Waals surface area contributed by atoms with Gasteiger partial charge in [-0.25, -0.2) is 0 Å². The van der Waals surface area contributed by atoms with Crippen molar-refractivity contribution in [2.24, 2.45) is 0 Å². The Morgan fingerprint density at radius 3 is 2.05 bits per heavy atom. The molecule has 4 aromatic rings. The molecule has 0 aromatic heterocycles. The van der Waals surface area contributed by atoms with E-state index in [1.165, 1.54) is 6.08 Å². The van der Waals surface area contributed by atoms with E-state index in [-0.39, 0.29) is 16.4 Å². The molecule has 4 N–H and O–H groups in total. The van der Waals surface area contributed by atoms with Crippen LogP contribution < -0.4 is 21.5 Å². The summed E-state index contributed by atoms with van der Waals surface area (Å²) in [5, 5.41) is 7.37. The molecule has 0 saturated heterocycles. The number of nitrogens with one attached hydrogen (secondary N) is 4. The monoisotopic (exact) mass is 550 g/mol. The molecular formula is C32H30N4O3S. The number of fused-ring (bicyclic) bond motifs is 1. The number of hydrogen-bond acceptors (Lipinski definition) is 4.